The van der Waals surface area contributed by atoms with Crippen molar-refractivity contribution in [2.45, 2.75) is 32.9 Å². The van der Waals surface area contributed by atoms with E-state index in [4.69, 9.17) is 4.74 Å². The lowest BCUT2D eigenvalue weighted by Gasteiger charge is -2.06. The minimum absolute atomic E-state index is 0.230. The van der Waals surface area contributed by atoms with E-state index < -0.39 is 0 Å². The normalized spacial score (nSPS) is 10.2. The summed E-state index contributed by atoms with van der Waals surface area (Å²) in [4.78, 5) is 19.8. The highest BCUT2D eigenvalue weighted by Gasteiger charge is 2.08. The van der Waals surface area contributed by atoms with E-state index in [1.165, 1.54) is 11.8 Å². The Kier molecular flexibility index (Phi) is 4.73. The number of carbonyl (C=O) groups is 1. The Morgan fingerprint density at radius 1 is 1.25 bits per heavy atom. The fourth-order valence-electron chi connectivity index (χ4n) is 1.13. The molecule has 16 heavy (non-hydrogen) atoms. The molecule has 0 saturated carbocycles. The molecule has 5 heteroatoms. The van der Waals surface area contributed by atoms with Crippen molar-refractivity contribution in [1.82, 2.24) is 9.97 Å². The summed E-state index contributed by atoms with van der Waals surface area (Å²) in [6, 6.07) is 0. The van der Waals surface area contributed by atoms with Gasteiger partial charge in [-0.1, -0.05) is 11.8 Å². The smallest absolute Gasteiger partial charge is 0.316 e. The maximum atomic E-state index is 11.2. The van der Waals surface area contributed by atoms with Crippen LogP contribution in [0.2, 0.25) is 0 Å². The lowest BCUT2D eigenvalue weighted by Crippen LogP contribution is -2.07. The number of ether oxygens (including phenoxy) is 1. The summed E-state index contributed by atoms with van der Waals surface area (Å²) in [6.07, 6.45) is 0. The first-order valence-corrected chi connectivity index (χ1v) is 6.13. The largest absolute Gasteiger partial charge is 0.465 e. The fraction of sp³-hybridized carbons (Fsp3) is 0.545. The predicted octanol–water partition coefficient (Wildman–Crippen LogP) is 2.06. The van der Waals surface area contributed by atoms with Gasteiger partial charge in [0.25, 0.3) is 0 Å². The van der Waals surface area contributed by atoms with E-state index >= 15 is 0 Å². The Labute approximate surface area is 99.8 Å². The molecule has 88 valence electrons. The van der Waals surface area contributed by atoms with Crippen LogP contribution in [0.4, 0.5) is 0 Å². The van der Waals surface area contributed by atoms with Crippen molar-refractivity contribution in [3.05, 3.63) is 17.0 Å². The Morgan fingerprint density at radius 2 is 1.81 bits per heavy atom. The lowest BCUT2D eigenvalue weighted by atomic mass is 10.2. The van der Waals surface area contributed by atoms with Crippen LogP contribution in [-0.4, -0.2) is 28.3 Å². The highest BCUT2D eigenvalue weighted by Crippen LogP contribution is 2.16. The molecule has 0 spiro atoms. The fourth-order valence-corrected chi connectivity index (χ4v) is 1.87. The molecule has 0 aliphatic carbocycles. The van der Waals surface area contributed by atoms with E-state index in [-0.39, 0.29) is 11.7 Å². The molecule has 0 amide bonds. The molecule has 0 bridgehead atoms. The molecule has 0 radical (unpaired) electrons. The SMILES string of the molecule is CCOC(=O)CSc1nc(C)c(C)c(C)n1. The van der Waals surface area contributed by atoms with E-state index in [0.717, 1.165) is 17.0 Å². The van der Waals surface area contributed by atoms with Gasteiger partial charge >= 0.3 is 5.97 Å². The number of aromatic nitrogens is 2. The molecular weight excluding hydrogens is 224 g/mol. The molecule has 1 heterocycles. The number of carbonyl (C=O) groups excluding carboxylic acids is 1. The van der Waals surface area contributed by atoms with Gasteiger partial charge < -0.3 is 4.74 Å². The summed E-state index contributed by atoms with van der Waals surface area (Å²) in [5, 5.41) is 0.633. The van der Waals surface area contributed by atoms with Gasteiger partial charge in [0, 0.05) is 11.4 Å². The molecule has 0 aliphatic rings. The first-order chi connectivity index (χ1) is 7.54. The van der Waals surface area contributed by atoms with Crippen molar-refractivity contribution in [3.63, 3.8) is 0 Å². The van der Waals surface area contributed by atoms with Crippen molar-refractivity contribution in [3.8, 4) is 0 Å². The molecule has 1 rings (SSSR count). The summed E-state index contributed by atoms with van der Waals surface area (Å²) in [5.74, 6) is 0.0301. The first kappa shape index (κ1) is 13.0. The van der Waals surface area contributed by atoms with Crippen LogP contribution >= 0.6 is 11.8 Å². The van der Waals surface area contributed by atoms with E-state index in [1.807, 2.05) is 20.8 Å². The molecular formula is C11H16N2O2S. The lowest BCUT2D eigenvalue weighted by molar-refractivity contribution is -0.139. The number of hydrogen-bond donors (Lipinski definition) is 0. The summed E-state index contributed by atoms with van der Waals surface area (Å²) < 4.78 is 4.83. The van der Waals surface area contributed by atoms with Crippen molar-refractivity contribution in [2.24, 2.45) is 0 Å². The molecule has 0 aliphatic heterocycles. The monoisotopic (exact) mass is 240 g/mol. The molecule has 0 fully saturated rings. The van der Waals surface area contributed by atoms with Crippen molar-refractivity contribution >= 4 is 17.7 Å². The zero-order chi connectivity index (χ0) is 12.1. The van der Waals surface area contributed by atoms with Gasteiger partial charge in [-0.15, -0.1) is 0 Å². The Bertz CT molecular complexity index is 371. The number of nitrogens with zero attached hydrogens (tertiary/aromatic N) is 2. The molecule has 1 aromatic rings. The second-order valence-corrected chi connectivity index (χ2v) is 4.34. The van der Waals surface area contributed by atoms with Gasteiger partial charge in [0.05, 0.1) is 12.4 Å². The summed E-state index contributed by atoms with van der Waals surface area (Å²) in [7, 11) is 0. The standard InChI is InChI=1S/C11H16N2O2S/c1-5-15-10(14)6-16-11-12-8(3)7(2)9(4)13-11/h5-6H2,1-4H3. The van der Waals surface area contributed by atoms with Crippen LogP contribution < -0.4 is 0 Å². The van der Waals surface area contributed by atoms with Gasteiger partial charge in [-0.05, 0) is 33.3 Å². The zero-order valence-corrected chi connectivity index (χ0v) is 10.8. The Balaban J connectivity index is 2.65. The number of hydrogen-bond acceptors (Lipinski definition) is 5. The average Bonchev–Trinajstić information content (AvgIpc) is 2.23. The van der Waals surface area contributed by atoms with Crippen LogP contribution in [0.3, 0.4) is 0 Å². The second-order valence-electron chi connectivity index (χ2n) is 3.40. The van der Waals surface area contributed by atoms with Gasteiger partial charge in [-0.25, -0.2) is 9.97 Å². The van der Waals surface area contributed by atoms with Crippen LogP contribution in [0.15, 0.2) is 5.16 Å². The minimum atomic E-state index is -0.230. The number of aryl methyl sites for hydroxylation is 2. The van der Waals surface area contributed by atoms with Crippen molar-refractivity contribution in [2.75, 3.05) is 12.4 Å². The third-order valence-electron chi connectivity index (χ3n) is 2.24. The minimum Gasteiger partial charge on any atom is -0.465 e. The highest BCUT2D eigenvalue weighted by atomic mass is 32.2. The van der Waals surface area contributed by atoms with E-state index in [1.54, 1.807) is 6.92 Å². The maximum Gasteiger partial charge on any atom is 0.316 e. The van der Waals surface area contributed by atoms with E-state index in [0.29, 0.717) is 11.8 Å². The molecule has 1 aromatic heterocycles. The van der Waals surface area contributed by atoms with Crippen LogP contribution in [0.1, 0.15) is 23.9 Å². The van der Waals surface area contributed by atoms with E-state index in [9.17, 15) is 4.79 Å². The number of esters is 1. The van der Waals surface area contributed by atoms with Gasteiger partial charge in [0.2, 0.25) is 0 Å². The van der Waals surface area contributed by atoms with Gasteiger partial charge in [0.15, 0.2) is 5.16 Å². The molecule has 4 nitrogen and oxygen atoms in total. The summed E-state index contributed by atoms with van der Waals surface area (Å²) in [5.41, 5.74) is 3.01. The molecule has 0 unspecified atom stereocenters. The topological polar surface area (TPSA) is 52.1 Å². The van der Waals surface area contributed by atoms with Crippen LogP contribution in [-0.2, 0) is 9.53 Å². The van der Waals surface area contributed by atoms with Gasteiger partial charge in [-0.2, -0.15) is 0 Å². The van der Waals surface area contributed by atoms with Crippen molar-refractivity contribution in [1.29, 1.82) is 0 Å². The van der Waals surface area contributed by atoms with Crippen molar-refractivity contribution < 1.29 is 9.53 Å². The molecule has 0 aromatic carbocycles. The van der Waals surface area contributed by atoms with Gasteiger partial charge in [-0.3, -0.25) is 4.79 Å². The second kappa shape index (κ2) is 5.84. The predicted molar refractivity (Wildman–Crippen MR) is 63.6 cm³/mol. The van der Waals surface area contributed by atoms with Crippen LogP contribution in [0, 0.1) is 20.8 Å². The van der Waals surface area contributed by atoms with Crippen LogP contribution in [0.5, 0.6) is 0 Å². The summed E-state index contributed by atoms with van der Waals surface area (Å²) >= 11 is 1.31. The third kappa shape index (κ3) is 3.48. The first-order valence-electron chi connectivity index (χ1n) is 5.14. The maximum absolute atomic E-state index is 11.2. The molecule has 0 atom stereocenters. The average molecular weight is 240 g/mol. The van der Waals surface area contributed by atoms with Gasteiger partial charge in [0.1, 0.15) is 0 Å². The third-order valence-corrected chi connectivity index (χ3v) is 3.06. The quantitative estimate of drug-likeness (QED) is 0.458. The Hall–Kier alpha value is -1.10. The Morgan fingerprint density at radius 3 is 2.31 bits per heavy atom. The zero-order valence-electron chi connectivity index (χ0n) is 10.0. The number of thioether (sulfide) groups is 1. The van der Waals surface area contributed by atoms with E-state index in [2.05, 4.69) is 9.97 Å². The molecule has 0 N–H and O–H groups in total. The number of rotatable bonds is 4. The summed E-state index contributed by atoms with van der Waals surface area (Å²) in [6.45, 7) is 8.08. The highest BCUT2D eigenvalue weighted by molar-refractivity contribution is 7.99. The molecule has 0 saturated heterocycles. The van der Waals surface area contributed by atoms with Crippen LogP contribution in [0.25, 0.3) is 0 Å².